The van der Waals surface area contributed by atoms with Crippen molar-refractivity contribution in [3.63, 3.8) is 0 Å². The van der Waals surface area contributed by atoms with Gasteiger partial charge in [0.1, 0.15) is 5.03 Å². The molecule has 2 amide bonds. The molecule has 0 radical (unpaired) electrons. The van der Waals surface area contributed by atoms with E-state index in [0.717, 1.165) is 22.2 Å². The first kappa shape index (κ1) is 16.2. The fraction of sp³-hybridized carbons (Fsp3) is 0.176. The van der Waals surface area contributed by atoms with Gasteiger partial charge in [0.05, 0.1) is 16.5 Å². The second-order valence-electron chi connectivity index (χ2n) is 5.37. The maximum atomic E-state index is 12.6. The highest BCUT2D eigenvalue weighted by Gasteiger charge is 2.40. The summed E-state index contributed by atoms with van der Waals surface area (Å²) in [7, 11) is 0. The number of thioether (sulfide) groups is 1. The van der Waals surface area contributed by atoms with Crippen LogP contribution in [-0.4, -0.2) is 33.1 Å². The summed E-state index contributed by atoms with van der Waals surface area (Å²) in [5, 5.41) is 8.76. The third-order valence-electron chi connectivity index (χ3n) is 3.65. The maximum absolute atomic E-state index is 12.6. The lowest BCUT2D eigenvalue weighted by molar-refractivity contribution is -0.121. The van der Waals surface area contributed by atoms with Crippen LogP contribution in [0.25, 0.3) is 0 Å². The SMILES string of the molecule is Cc1ccc(N2C(=O)C[C@@H](Sc3ncccc3C(=O)O)C2=O)cc1. The lowest BCUT2D eigenvalue weighted by Crippen LogP contribution is -2.31. The lowest BCUT2D eigenvalue weighted by atomic mass is 10.2. The smallest absolute Gasteiger partial charge is 0.338 e. The third kappa shape index (κ3) is 3.03. The minimum atomic E-state index is -1.11. The Balaban J connectivity index is 1.85. The maximum Gasteiger partial charge on any atom is 0.338 e. The number of anilines is 1. The highest BCUT2D eigenvalue weighted by atomic mass is 32.2. The Morgan fingerprint density at radius 1 is 1.25 bits per heavy atom. The summed E-state index contributed by atoms with van der Waals surface area (Å²) in [6.07, 6.45) is 1.49. The first-order valence-corrected chi connectivity index (χ1v) is 8.14. The van der Waals surface area contributed by atoms with Crippen LogP contribution < -0.4 is 4.90 Å². The number of carbonyl (C=O) groups excluding carboxylic acids is 2. The van der Waals surface area contributed by atoms with Gasteiger partial charge in [0.25, 0.3) is 0 Å². The molecule has 122 valence electrons. The minimum Gasteiger partial charge on any atom is -0.478 e. The highest BCUT2D eigenvalue weighted by Crippen LogP contribution is 2.34. The summed E-state index contributed by atoms with van der Waals surface area (Å²) in [5.74, 6) is -1.76. The van der Waals surface area contributed by atoms with E-state index in [2.05, 4.69) is 4.98 Å². The molecule has 0 saturated carbocycles. The van der Waals surface area contributed by atoms with E-state index in [1.807, 2.05) is 19.1 Å². The second-order valence-corrected chi connectivity index (χ2v) is 6.57. The number of hydrogen-bond acceptors (Lipinski definition) is 5. The second kappa shape index (κ2) is 6.45. The average Bonchev–Trinajstić information content (AvgIpc) is 2.83. The lowest BCUT2D eigenvalue weighted by Gasteiger charge is -2.15. The van der Waals surface area contributed by atoms with Crippen molar-refractivity contribution in [3.05, 3.63) is 53.7 Å². The van der Waals surface area contributed by atoms with Gasteiger partial charge in [-0.3, -0.25) is 9.59 Å². The molecule has 3 rings (SSSR count). The molecule has 1 aromatic carbocycles. The minimum absolute atomic E-state index is 0.0208. The molecule has 24 heavy (non-hydrogen) atoms. The number of amides is 2. The molecule has 0 bridgehead atoms. The zero-order chi connectivity index (χ0) is 17.3. The third-order valence-corrected chi connectivity index (χ3v) is 4.85. The molecule has 0 spiro atoms. The summed E-state index contributed by atoms with van der Waals surface area (Å²) in [6, 6.07) is 10.1. The van der Waals surface area contributed by atoms with Gasteiger partial charge >= 0.3 is 5.97 Å². The predicted octanol–water partition coefficient (Wildman–Crippen LogP) is 2.51. The van der Waals surface area contributed by atoms with E-state index in [4.69, 9.17) is 0 Å². The number of aryl methyl sites for hydroxylation is 1. The van der Waals surface area contributed by atoms with Crippen molar-refractivity contribution in [1.82, 2.24) is 4.98 Å². The number of pyridine rings is 1. The Morgan fingerprint density at radius 3 is 2.62 bits per heavy atom. The van der Waals surface area contributed by atoms with E-state index in [-0.39, 0.29) is 28.8 Å². The van der Waals surface area contributed by atoms with E-state index in [0.29, 0.717) is 5.69 Å². The zero-order valence-electron chi connectivity index (χ0n) is 12.8. The van der Waals surface area contributed by atoms with E-state index in [9.17, 15) is 19.5 Å². The van der Waals surface area contributed by atoms with Gasteiger partial charge in [0, 0.05) is 12.6 Å². The van der Waals surface area contributed by atoms with Crippen molar-refractivity contribution in [2.75, 3.05) is 4.90 Å². The molecule has 2 aromatic rings. The number of imide groups is 1. The molecule has 2 heterocycles. The molecular weight excluding hydrogens is 328 g/mol. The van der Waals surface area contributed by atoms with Crippen molar-refractivity contribution >= 4 is 35.2 Å². The van der Waals surface area contributed by atoms with Gasteiger partial charge in [-0.05, 0) is 31.2 Å². The van der Waals surface area contributed by atoms with Crippen LogP contribution in [0.3, 0.4) is 0 Å². The van der Waals surface area contributed by atoms with Crippen LogP contribution in [0, 0.1) is 6.92 Å². The van der Waals surface area contributed by atoms with Gasteiger partial charge in [-0.2, -0.15) is 0 Å². The number of benzene rings is 1. The van der Waals surface area contributed by atoms with Gasteiger partial charge < -0.3 is 5.11 Å². The molecule has 1 saturated heterocycles. The summed E-state index contributed by atoms with van der Waals surface area (Å²) in [5.41, 5.74) is 1.58. The normalized spacial score (nSPS) is 17.4. The van der Waals surface area contributed by atoms with E-state index in [1.165, 1.54) is 18.3 Å². The summed E-state index contributed by atoms with van der Waals surface area (Å²) >= 11 is 1.02. The molecule has 0 aliphatic carbocycles. The monoisotopic (exact) mass is 342 g/mol. The molecule has 1 aromatic heterocycles. The Bertz CT molecular complexity index is 820. The first-order valence-electron chi connectivity index (χ1n) is 7.26. The Morgan fingerprint density at radius 2 is 1.96 bits per heavy atom. The number of aromatic nitrogens is 1. The van der Waals surface area contributed by atoms with Crippen LogP contribution in [0.2, 0.25) is 0 Å². The van der Waals surface area contributed by atoms with Gasteiger partial charge in [0.2, 0.25) is 11.8 Å². The van der Waals surface area contributed by atoms with Crippen molar-refractivity contribution in [1.29, 1.82) is 0 Å². The summed E-state index contributed by atoms with van der Waals surface area (Å²) in [6.45, 7) is 1.92. The van der Waals surface area contributed by atoms with Crippen LogP contribution in [0.1, 0.15) is 22.3 Å². The van der Waals surface area contributed by atoms with Crippen LogP contribution in [0.15, 0.2) is 47.6 Å². The van der Waals surface area contributed by atoms with Crippen molar-refractivity contribution in [3.8, 4) is 0 Å². The number of aromatic carboxylic acids is 1. The Kier molecular flexibility index (Phi) is 4.35. The van der Waals surface area contributed by atoms with Crippen LogP contribution in [0.4, 0.5) is 5.69 Å². The molecular formula is C17H14N2O4S. The molecule has 1 N–H and O–H groups in total. The van der Waals surface area contributed by atoms with Crippen LogP contribution >= 0.6 is 11.8 Å². The standard InChI is InChI=1S/C17H14N2O4S/c1-10-4-6-11(7-5-10)19-14(20)9-13(16(19)21)24-15-12(17(22)23)3-2-8-18-15/h2-8,13H,9H2,1H3,(H,22,23)/t13-/m1/s1. The molecule has 1 aliphatic heterocycles. The average molecular weight is 342 g/mol. The predicted molar refractivity (Wildman–Crippen MR) is 89.1 cm³/mol. The fourth-order valence-electron chi connectivity index (χ4n) is 2.44. The van der Waals surface area contributed by atoms with Crippen LogP contribution in [0.5, 0.6) is 0 Å². The van der Waals surface area contributed by atoms with Crippen molar-refractivity contribution in [2.24, 2.45) is 0 Å². The van der Waals surface area contributed by atoms with E-state index < -0.39 is 11.2 Å². The molecule has 0 unspecified atom stereocenters. The largest absolute Gasteiger partial charge is 0.478 e. The molecule has 1 aliphatic rings. The van der Waals surface area contributed by atoms with Crippen molar-refractivity contribution in [2.45, 2.75) is 23.6 Å². The van der Waals surface area contributed by atoms with E-state index in [1.54, 1.807) is 12.1 Å². The topological polar surface area (TPSA) is 87.6 Å². The number of carboxylic acids is 1. The number of nitrogens with zero attached hydrogens (tertiary/aromatic N) is 2. The van der Waals surface area contributed by atoms with Crippen LogP contribution in [-0.2, 0) is 9.59 Å². The molecule has 7 heteroatoms. The Hall–Kier alpha value is -2.67. The number of carboxylic acid groups (broad SMARTS) is 1. The zero-order valence-corrected chi connectivity index (χ0v) is 13.6. The van der Waals surface area contributed by atoms with Gasteiger partial charge in [-0.1, -0.05) is 29.5 Å². The van der Waals surface area contributed by atoms with Gasteiger partial charge in [0.15, 0.2) is 0 Å². The quantitative estimate of drug-likeness (QED) is 0.859. The highest BCUT2D eigenvalue weighted by molar-refractivity contribution is 8.00. The summed E-state index contributed by atoms with van der Waals surface area (Å²) < 4.78 is 0. The number of carbonyl (C=O) groups is 3. The van der Waals surface area contributed by atoms with Gasteiger partial charge in [-0.15, -0.1) is 0 Å². The van der Waals surface area contributed by atoms with E-state index >= 15 is 0 Å². The number of rotatable bonds is 4. The first-order chi connectivity index (χ1) is 11.5. The Labute approximate surface area is 142 Å². The molecule has 1 fully saturated rings. The molecule has 1 atom stereocenters. The van der Waals surface area contributed by atoms with Crippen molar-refractivity contribution < 1.29 is 19.5 Å². The summed E-state index contributed by atoms with van der Waals surface area (Å²) in [4.78, 5) is 41.3. The fourth-order valence-corrected chi connectivity index (χ4v) is 3.55. The van der Waals surface area contributed by atoms with Gasteiger partial charge in [-0.25, -0.2) is 14.7 Å². The number of hydrogen-bond donors (Lipinski definition) is 1. The molecule has 6 nitrogen and oxygen atoms in total.